The summed E-state index contributed by atoms with van der Waals surface area (Å²) in [5, 5.41) is 2.92. The number of halogens is 3. The van der Waals surface area contributed by atoms with Crippen molar-refractivity contribution in [3.05, 3.63) is 44.6 Å². The third kappa shape index (κ3) is 3.79. The number of hydrogen-bond donors (Lipinski definition) is 2. The first-order chi connectivity index (χ1) is 9.83. The lowest BCUT2D eigenvalue weighted by Gasteiger charge is -2.07. The molecule has 1 aromatic carbocycles. The van der Waals surface area contributed by atoms with Crippen LogP contribution in [-0.2, 0) is 16.6 Å². The molecule has 0 amide bonds. The highest BCUT2D eigenvalue weighted by molar-refractivity contribution is 9.11. The summed E-state index contributed by atoms with van der Waals surface area (Å²) in [5.74, 6) is -2.15. The van der Waals surface area contributed by atoms with Crippen LogP contribution in [0.3, 0.4) is 0 Å². The van der Waals surface area contributed by atoms with Crippen molar-refractivity contribution in [3.8, 4) is 0 Å². The average Bonchev–Trinajstić information content (AvgIpc) is 2.76. The van der Waals surface area contributed by atoms with E-state index in [1.165, 1.54) is 17.4 Å². The highest BCUT2D eigenvalue weighted by atomic mass is 79.9. The Bertz CT molecular complexity index is 763. The van der Waals surface area contributed by atoms with Gasteiger partial charge in [-0.05, 0) is 41.2 Å². The molecule has 2 aromatic rings. The van der Waals surface area contributed by atoms with Crippen molar-refractivity contribution in [1.29, 1.82) is 0 Å². The first kappa shape index (κ1) is 16.3. The maximum atomic E-state index is 13.1. The van der Waals surface area contributed by atoms with E-state index >= 15 is 0 Å². The summed E-state index contributed by atoms with van der Waals surface area (Å²) < 4.78 is 53.2. The molecular formula is C12H11BrF2N2O2S2. The van der Waals surface area contributed by atoms with Gasteiger partial charge in [0.1, 0.15) is 4.90 Å². The van der Waals surface area contributed by atoms with Gasteiger partial charge < -0.3 is 5.32 Å². The van der Waals surface area contributed by atoms with Crippen molar-refractivity contribution < 1.29 is 17.2 Å². The maximum absolute atomic E-state index is 13.1. The summed E-state index contributed by atoms with van der Waals surface area (Å²) in [6, 6.07) is 4.34. The third-order valence-corrected chi connectivity index (χ3v) is 6.15. The number of sulfonamides is 1. The van der Waals surface area contributed by atoms with E-state index in [2.05, 4.69) is 26.0 Å². The van der Waals surface area contributed by atoms with Crippen molar-refractivity contribution in [3.63, 3.8) is 0 Å². The molecule has 0 atom stereocenters. The van der Waals surface area contributed by atoms with Crippen molar-refractivity contribution >= 4 is 43.0 Å². The standard InChI is InChI=1S/C12H11BrF2N2O2S2/c1-16-6-8-5-11(12(13)20-8)21(18,19)17-7-2-3-9(14)10(15)4-7/h2-5,16-17H,6H2,1H3. The lowest BCUT2D eigenvalue weighted by atomic mass is 10.3. The fourth-order valence-electron chi connectivity index (χ4n) is 1.61. The Morgan fingerprint density at radius 2 is 1.95 bits per heavy atom. The van der Waals surface area contributed by atoms with Crippen molar-refractivity contribution in [2.24, 2.45) is 0 Å². The van der Waals surface area contributed by atoms with Crippen LogP contribution in [0.2, 0.25) is 0 Å². The Kier molecular flexibility index (Phi) is 4.97. The van der Waals surface area contributed by atoms with E-state index in [0.29, 0.717) is 10.3 Å². The Morgan fingerprint density at radius 3 is 2.57 bits per heavy atom. The van der Waals surface area contributed by atoms with Gasteiger partial charge in [0.15, 0.2) is 11.6 Å². The molecule has 0 saturated heterocycles. The Balaban J connectivity index is 2.31. The van der Waals surface area contributed by atoms with Crippen LogP contribution in [0, 0.1) is 11.6 Å². The van der Waals surface area contributed by atoms with Crippen LogP contribution in [0.25, 0.3) is 0 Å². The molecule has 9 heteroatoms. The molecule has 0 unspecified atom stereocenters. The summed E-state index contributed by atoms with van der Waals surface area (Å²) in [4.78, 5) is 0.887. The zero-order valence-corrected chi connectivity index (χ0v) is 14.0. The number of rotatable bonds is 5. The molecule has 0 aliphatic heterocycles. The number of benzene rings is 1. The van der Waals surface area contributed by atoms with Gasteiger partial charge in [-0.25, -0.2) is 17.2 Å². The van der Waals surface area contributed by atoms with E-state index in [9.17, 15) is 17.2 Å². The van der Waals surface area contributed by atoms with Gasteiger partial charge >= 0.3 is 0 Å². The van der Waals surface area contributed by atoms with Crippen LogP contribution in [0.15, 0.2) is 32.9 Å². The molecular weight excluding hydrogens is 386 g/mol. The minimum Gasteiger partial charge on any atom is -0.315 e. The Morgan fingerprint density at radius 1 is 1.24 bits per heavy atom. The first-order valence-corrected chi connectivity index (χ1v) is 8.83. The average molecular weight is 397 g/mol. The lowest BCUT2D eigenvalue weighted by molar-refractivity contribution is 0.509. The van der Waals surface area contributed by atoms with Gasteiger partial charge in [-0.2, -0.15) is 0 Å². The summed E-state index contributed by atoms with van der Waals surface area (Å²) in [7, 11) is -2.12. The van der Waals surface area contributed by atoms with Crippen molar-refractivity contribution in [2.75, 3.05) is 11.8 Å². The predicted octanol–water partition coefficient (Wildman–Crippen LogP) is 3.31. The smallest absolute Gasteiger partial charge is 0.263 e. The first-order valence-electron chi connectivity index (χ1n) is 5.74. The molecule has 114 valence electrons. The topological polar surface area (TPSA) is 58.2 Å². The van der Waals surface area contributed by atoms with E-state index in [1.807, 2.05) is 0 Å². The number of anilines is 1. The zero-order chi connectivity index (χ0) is 15.6. The summed E-state index contributed by atoms with van der Waals surface area (Å²) >= 11 is 4.48. The molecule has 0 bridgehead atoms. The van der Waals surface area contributed by atoms with Crippen LogP contribution in [0.1, 0.15) is 4.88 Å². The van der Waals surface area contributed by atoms with E-state index in [4.69, 9.17) is 0 Å². The Labute approximate surface area is 133 Å². The van der Waals surface area contributed by atoms with Crippen molar-refractivity contribution in [1.82, 2.24) is 5.32 Å². The van der Waals surface area contributed by atoms with E-state index in [1.54, 1.807) is 7.05 Å². The van der Waals surface area contributed by atoms with Crippen molar-refractivity contribution in [2.45, 2.75) is 11.4 Å². The quantitative estimate of drug-likeness (QED) is 0.814. The van der Waals surface area contributed by atoms with Crippen LogP contribution >= 0.6 is 27.3 Å². The van der Waals surface area contributed by atoms with E-state index in [0.717, 1.165) is 23.1 Å². The summed E-state index contributed by atoms with van der Waals surface area (Å²) in [6.07, 6.45) is 0. The molecule has 0 aliphatic carbocycles. The van der Waals surface area contributed by atoms with Gasteiger partial charge in [-0.15, -0.1) is 11.3 Å². The molecule has 0 spiro atoms. The minimum absolute atomic E-state index is 0.0397. The third-order valence-electron chi connectivity index (χ3n) is 2.52. The van der Waals surface area contributed by atoms with Gasteiger partial charge in [0, 0.05) is 17.5 Å². The Hall–Kier alpha value is -1.03. The van der Waals surface area contributed by atoms with Crippen LogP contribution < -0.4 is 10.0 Å². The molecule has 1 heterocycles. The molecule has 2 N–H and O–H groups in total. The van der Waals surface area contributed by atoms with Gasteiger partial charge in [-0.3, -0.25) is 4.72 Å². The molecule has 21 heavy (non-hydrogen) atoms. The SMILES string of the molecule is CNCc1cc(S(=O)(=O)Nc2ccc(F)c(F)c2)c(Br)s1. The molecule has 4 nitrogen and oxygen atoms in total. The number of hydrogen-bond acceptors (Lipinski definition) is 4. The molecule has 0 saturated carbocycles. The predicted molar refractivity (Wildman–Crippen MR) is 81.9 cm³/mol. The highest BCUT2D eigenvalue weighted by Gasteiger charge is 2.21. The molecule has 0 radical (unpaired) electrons. The zero-order valence-electron chi connectivity index (χ0n) is 10.8. The van der Waals surface area contributed by atoms with Gasteiger partial charge in [0.25, 0.3) is 10.0 Å². The maximum Gasteiger partial charge on any atom is 0.263 e. The monoisotopic (exact) mass is 396 g/mol. The van der Waals surface area contributed by atoms with Gasteiger partial charge in [-0.1, -0.05) is 0 Å². The largest absolute Gasteiger partial charge is 0.315 e. The lowest BCUT2D eigenvalue weighted by Crippen LogP contribution is -2.13. The fourth-order valence-corrected chi connectivity index (χ4v) is 5.36. The minimum atomic E-state index is -3.87. The number of nitrogens with one attached hydrogen (secondary N) is 2. The van der Waals surface area contributed by atoms with Gasteiger partial charge in [0.05, 0.1) is 9.47 Å². The normalized spacial score (nSPS) is 11.6. The molecule has 2 rings (SSSR count). The second-order valence-corrected chi connectivity index (χ2v) is 8.22. The molecule has 0 fully saturated rings. The summed E-state index contributed by atoms with van der Waals surface area (Å²) in [6.45, 7) is 0.532. The second-order valence-electron chi connectivity index (χ2n) is 4.12. The number of thiophene rings is 1. The molecule has 0 aliphatic rings. The molecule has 1 aromatic heterocycles. The fraction of sp³-hybridized carbons (Fsp3) is 0.167. The van der Waals surface area contributed by atoms with E-state index < -0.39 is 21.7 Å². The highest BCUT2D eigenvalue weighted by Crippen LogP contribution is 2.32. The van der Waals surface area contributed by atoms with Crippen LogP contribution in [0.5, 0.6) is 0 Å². The van der Waals surface area contributed by atoms with Crippen LogP contribution in [0.4, 0.5) is 14.5 Å². The summed E-state index contributed by atoms with van der Waals surface area (Å²) in [5.41, 5.74) is -0.0397. The van der Waals surface area contributed by atoms with Crippen LogP contribution in [-0.4, -0.2) is 15.5 Å². The second kappa shape index (κ2) is 6.39. The van der Waals surface area contributed by atoms with Gasteiger partial charge in [0.2, 0.25) is 0 Å². The van der Waals surface area contributed by atoms with E-state index in [-0.39, 0.29) is 10.6 Å².